The summed E-state index contributed by atoms with van der Waals surface area (Å²) < 4.78 is 24.7. The molecule has 14 nitrogen and oxygen atoms in total. The molecule has 2 heterocycles. The molecule has 0 radical (unpaired) electrons. The summed E-state index contributed by atoms with van der Waals surface area (Å²) >= 11 is 0. The average Bonchev–Trinajstić information content (AvgIpc) is 3.79. The van der Waals surface area contributed by atoms with Gasteiger partial charge in [0.25, 0.3) is 23.6 Å². The van der Waals surface area contributed by atoms with Crippen molar-refractivity contribution in [2.75, 3.05) is 23.0 Å². The standard InChI is InChI=1S/C31H35NO6.C29H31NO6/c1-5-7-8-11-18-37-27-23-12-9-10-13-24(23)28(38-19(3)4)26-25(27)29(33)32(30(26)34)21-16-14-20(15-17-21)22(6-2)31(35)36;1-4-5-6-9-16-35-26-21-10-7-8-11-22(21)27(36-18(2)3)25-24(26)28(33)30(29(25)34)20-14-12-19(13-15-20)17-23(31)32/h9-10,12-17,19,22H,5-8,11,18H2,1-4H3,(H,35,36);7-8,10-15,18H,4-6,9,16-17H2,1-3H3,(H,31,32). The van der Waals surface area contributed by atoms with E-state index >= 15 is 0 Å². The van der Waals surface area contributed by atoms with E-state index in [0.717, 1.165) is 71.9 Å². The highest BCUT2D eigenvalue weighted by molar-refractivity contribution is 6.39. The molecule has 1 unspecified atom stereocenters. The Bertz CT molecular complexity index is 3050. The maximum absolute atomic E-state index is 13.9. The van der Waals surface area contributed by atoms with E-state index in [-0.39, 0.29) is 40.9 Å². The van der Waals surface area contributed by atoms with Crippen LogP contribution in [0.2, 0.25) is 0 Å². The molecule has 8 rings (SSSR count). The van der Waals surface area contributed by atoms with E-state index in [1.807, 2.05) is 83.1 Å². The first-order valence-electron chi connectivity index (χ1n) is 25.8. The van der Waals surface area contributed by atoms with Crippen LogP contribution in [0, 0.1) is 0 Å². The Labute approximate surface area is 432 Å². The number of hydrogen-bond donors (Lipinski definition) is 2. The average molecular weight is 1010 g/mol. The number of nitrogens with zero attached hydrogens (tertiary/aromatic N) is 2. The van der Waals surface area contributed by atoms with Gasteiger partial charge in [-0.3, -0.25) is 28.8 Å². The summed E-state index contributed by atoms with van der Waals surface area (Å²) in [5.74, 6) is -2.91. The van der Waals surface area contributed by atoms with Crippen LogP contribution in [0.25, 0.3) is 21.5 Å². The largest absolute Gasteiger partial charge is 0.492 e. The van der Waals surface area contributed by atoms with E-state index in [4.69, 9.17) is 24.1 Å². The Morgan fingerprint density at radius 2 is 0.851 bits per heavy atom. The number of rotatable bonds is 23. The molecule has 14 heteroatoms. The molecule has 388 valence electrons. The van der Waals surface area contributed by atoms with Crippen LogP contribution in [0.15, 0.2) is 97.1 Å². The minimum atomic E-state index is -0.952. The summed E-state index contributed by atoms with van der Waals surface area (Å²) in [6, 6.07) is 28.0. The van der Waals surface area contributed by atoms with Crippen molar-refractivity contribution in [1.82, 2.24) is 0 Å². The van der Waals surface area contributed by atoms with Gasteiger partial charge in [0.05, 0.1) is 71.4 Å². The highest BCUT2D eigenvalue weighted by Crippen LogP contribution is 2.48. The lowest BCUT2D eigenvalue weighted by molar-refractivity contribution is -0.139. The van der Waals surface area contributed by atoms with Crippen molar-refractivity contribution in [1.29, 1.82) is 0 Å². The van der Waals surface area contributed by atoms with Crippen LogP contribution in [-0.4, -0.2) is 71.2 Å². The van der Waals surface area contributed by atoms with Crippen LogP contribution < -0.4 is 28.7 Å². The normalized spacial score (nSPS) is 13.4. The number of carboxylic acids is 2. The van der Waals surface area contributed by atoms with Crippen molar-refractivity contribution >= 4 is 68.5 Å². The zero-order valence-corrected chi connectivity index (χ0v) is 43.3. The summed E-state index contributed by atoms with van der Waals surface area (Å²) in [6.45, 7) is 14.5. The fraction of sp³-hybridized carbons (Fsp3) is 0.367. The molecule has 0 bridgehead atoms. The Morgan fingerprint density at radius 3 is 1.19 bits per heavy atom. The van der Waals surface area contributed by atoms with Crippen LogP contribution in [0.3, 0.4) is 0 Å². The third kappa shape index (κ3) is 11.4. The molecule has 4 amide bonds. The summed E-state index contributed by atoms with van der Waals surface area (Å²) in [7, 11) is 0. The van der Waals surface area contributed by atoms with Crippen molar-refractivity contribution in [3.05, 3.63) is 130 Å². The van der Waals surface area contributed by atoms with Crippen molar-refractivity contribution < 1.29 is 57.9 Å². The van der Waals surface area contributed by atoms with Crippen LogP contribution in [0.5, 0.6) is 23.0 Å². The number of unbranched alkanes of at least 4 members (excludes halogenated alkanes) is 6. The molecule has 6 aromatic rings. The Morgan fingerprint density at radius 1 is 0.486 bits per heavy atom. The molecular formula is C60H66N2O12. The van der Waals surface area contributed by atoms with Gasteiger partial charge in [-0.1, -0.05) is 132 Å². The van der Waals surface area contributed by atoms with Crippen molar-refractivity contribution in [2.45, 2.75) is 131 Å². The van der Waals surface area contributed by atoms with E-state index in [1.165, 1.54) is 0 Å². The second-order valence-corrected chi connectivity index (χ2v) is 19.1. The van der Waals surface area contributed by atoms with Crippen LogP contribution in [-0.2, 0) is 16.0 Å². The number of benzene rings is 6. The lowest BCUT2D eigenvalue weighted by Crippen LogP contribution is -2.29. The summed E-state index contributed by atoms with van der Waals surface area (Å²) in [4.78, 5) is 80.2. The molecule has 0 fully saturated rings. The Balaban J connectivity index is 0.000000217. The molecule has 0 aromatic heterocycles. The molecule has 0 saturated carbocycles. The topological polar surface area (TPSA) is 186 Å². The first-order chi connectivity index (χ1) is 35.6. The van der Waals surface area contributed by atoms with Gasteiger partial charge in [0.2, 0.25) is 0 Å². The molecule has 6 aromatic carbocycles. The fourth-order valence-electron chi connectivity index (χ4n) is 9.44. The molecule has 74 heavy (non-hydrogen) atoms. The van der Waals surface area contributed by atoms with Gasteiger partial charge in [-0.15, -0.1) is 0 Å². The Kier molecular flexibility index (Phi) is 17.8. The molecule has 0 saturated heterocycles. The van der Waals surface area contributed by atoms with Crippen molar-refractivity contribution in [2.24, 2.45) is 0 Å². The van der Waals surface area contributed by atoms with Crippen LogP contribution in [0.4, 0.5) is 11.4 Å². The van der Waals surface area contributed by atoms with E-state index in [0.29, 0.717) is 75.9 Å². The van der Waals surface area contributed by atoms with Crippen molar-refractivity contribution in [3.63, 3.8) is 0 Å². The van der Waals surface area contributed by atoms with Gasteiger partial charge >= 0.3 is 11.9 Å². The third-order valence-corrected chi connectivity index (χ3v) is 12.9. The highest BCUT2D eigenvalue weighted by atomic mass is 16.5. The Hall–Kier alpha value is -7.74. The van der Waals surface area contributed by atoms with Gasteiger partial charge in [-0.2, -0.15) is 0 Å². The predicted octanol–water partition coefficient (Wildman–Crippen LogP) is 13.0. The quantitative estimate of drug-likeness (QED) is 0.0458. The number of carbonyl (C=O) groups excluding carboxylic acids is 4. The van der Waals surface area contributed by atoms with Crippen LogP contribution >= 0.6 is 0 Å². The third-order valence-electron chi connectivity index (χ3n) is 12.9. The maximum Gasteiger partial charge on any atom is 0.310 e. The molecule has 1 atom stereocenters. The lowest BCUT2D eigenvalue weighted by Gasteiger charge is -2.18. The molecule has 2 aliphatic heterocycles. The number of carboxylic acid groups (broad SMARTS) is 2. The first kappa shape index (κ1) is 54.0. The predicted molar refractivity (Wildman–Crippen MR) is 286 cm³/mol. The lowest BCUT2D eigenvalue weighted by atomic mass is 9.96. The maximum atomic E-state index is 13.9. The summed E-state index contributed by atoms with van der Waals surface area (Å²) in [6.07, 6.45) is 8.00. The second-order valence-electron chi connectivity index (χ2n) is 19.1. The minimum Gasteiger partial charge on any atom is -0.492 e. The summed E-state index contributed by atoms with van der Waals surface area (Å²) in [5, 5.41) is 21.4. The van der Waals surface area contributed by atoms with E-state index in [1.54, 1.807) is 48.5 Å². The van der Waals surface area contributed by atoms with E-state index < -0.39 is 41.5 Å². The zero-order chi connectivity index (χ0) is 53.2. The number of hydrogen-bond acceptors (Lipinski definition) is 10. The van der Waals surface area contributed by atoms with Crippen molar-refractivity contribution in [3.8, 4) is 23.0 Å². The number of aliphatic carboxylic acids is 2. The first-order valence-corrected chi connectivity index (χ1v) is 25.8. The smallest absolute Gasteiger partial charge is 0.310 e. The summed E-state index contributed by atoms with van der Waals surface area (Å²) in [5.41, 5.74) is 2.75. The number of carbonyl (C=O) groups is 6. The van der Waals surface area contributed by atoms with Gasteiger partial charge in [0, 0.05) is 21.5 Å². The highest BCUT2D eigenvalue weighted by Gasteiger charge is 2.45. The number of anilines is 2. The SMILES string of the molecule is CCCCCCOc1c2c(c(OC(C)C)c3ccccc13)C(=O)N(c1ccc(C(CC)C(=O)O)cc1)C2=O.CCCCCCOc1c2c(c(OC(C)C)c3ccccc13)C(=O)N(c1ccc(CC(=O)O)cc1)C2=O. The van der Waals surface area contributed by atoms with Gasteiger partial charge in [-0.25, -0.2) is 9.80 Å². The molecule has 0 spiro atoms. The van der Waals surface area contributed by atoms with Gasteiger partial charge < -0.3 is 29.2 Å². The monoisotopic (exact) mass is 1010 g/mol. The molecule has 2 N–H and O–H groups in total. The number of imide groups is 2. The number of ether oxygens (including phenoxy) is 4. The fourth-order valence-corrected chi connectivity index (χ4v) is 9.44. The van der Waals surface area contributed by atoms with E-state index in [9.17, 15) is 33.9 Å². The van der Waals surface area contributed by atoms with E-state index in [2.05, 4.69) is 13.8 Å². The second kappa shape index (κ2) is 24.3. The molecule has 2 aliphatic rings. The number of amides is 4. The van der Waals surface area contributed by atoms with Gasteiger partial charge in [0.1, 0.15) is 23.0 Å². The minimum absolute atomic E-state index is 0.143. The van der Waals surface area contributed by atoms with Gasteiger partial charge in [0.15, 0.2) is 0 Å². The van der Waals surface area contributed by atoms with Gasteiger partial charge in [-0.05, 0) is 82.3 Å². The van der Waals surface area contributed by atoms with Crippen LogP contribution in [0.1, 0.15) is 165 Å². The number of fused-ring (bicyclic) bond motifs is 4. The molecule has 0 aliphatic carbocycles. The molecular weight excluding hydrogens is 941 g/mol. The zero-order valence-electron chi connectivity index (χ0n) is 43.3.